The molecule has 0 atom stereocenters. The van der Waals surface area contributed by atoms with Gasteiger partial charge in [0.25, 0.3) is 5.91 Å². The monoisotopic (exact) mass is 267 g/mol. The fourth-order valence-electron chi connectivity index (χ4n) is 1.65. The van der Waals surface area contributed by atoms with Gasteiger partial charge in [0.2, 0.25) is 0 Å². The number of nitriles is 1. The van der Waals surface area contributed by atoms with Crippen molar-refractivity contribution in [3.8, 4) is 11.8 Å². The minimum Gasteiger partial charge on any atom is -0.497 e. The lowest BCUT2D eigenvalue weighted by Gasteiger charge is -2.06. The van der Waals surface area contributed by atoms with Crippen LogP contribution in [0.3, 0.4) is 0 Å². The molecule has 0 radical (unpaired) electrons. The third kappa shape index (κ3) is 3.33. The number of ether oxygens (including phenoxy) is 1. The van der Waals surface area contributed by atoms with E-state index < -0.39 is 0 Å². The third-order valence-corrected chi connectivity index (χ3v) is 2.71. The molecule has 2 aromatic rings. The van der Waals surface area contributed by atoms with Crippen molar-refractivity contribution in [1.29, 1.82) is 5.26 Å². The van der Waals surface area contributed by atoms with Crippen molar-refractivity contribution in [3.05, 3.63) is 59.4 Å². The number of nitrogens with zero attached hydrogens (tertiary/aromatic N) is 2. The number of nitrogens with one attached hydrogen (secondary N) is 1. The van der Waals surface area contributed by atoms with Crippen molar-refractivity contribution in [2.75, 3.05) is 7.11 Å². The third-order valence-electron chi connectivity index (χ3n) is 2.71. The number of pyridine rings is 1. The first-order valence-corrected chi connectivity index (χ1v) is 6.00. The average molecular weight is 267 g/mol. The summed E-state index contributed by atoms with van der Waals surface area (Å²) in [4.78, 5) is 15.8. The first-order valence-electron chi connectivity index (χ1n) is 6.00. The molecule has 1 heterocycles. The SMILES string of the molecule is COc1cccc(CNC(=O)c2ccc(C#N)cn2)c1. The van der Waals surface area contributed by atoms with Crippen LogP contribution in [0, 0.1) is 11.3 Å². The highest BCUT2D eigenvalue weighted by Gasteiger charge is 2.07. The Morgan fingerprint density at radius 1 is 1.40 bits per heavy atom. The zero-order chi connectivity index (χ0) is 14.4. The van der Waals surface area contributed by atoms with Crippen LogP contribution in [-0.4, -0.2) is 18.0 Å². The van der Waals surface area contributed by atoms with Crippen LogP contribution in [0.5, 0.6) is 5.75 Å². The summed E-state index contributed by atoms with van der Waals surface area (Å²) in [6.45, 7) is 0.387. The summed E-state index contributed by atoms with van der Waals surface area (Å²) < 4.78 is 5.12. The lowest BCUT2D eigenvalue weighted by atomic mass is 10.2. The van der Waals surface area contributed by atoms with E-state index in [1.807, 2.05) is 30.3 Å². The second-order valence-corrected chi connectivity index (χ2v) is 4.08. The first-order chi connectivity index (χ1) is 9.72. The highest BCUT2D eigenvalue weighted by atomic mass is 16.5. The smallest absolute Gasteiger partial charge is 0.270 e. The van der Waals surface area contributed by atoms with Crippen LogP contribution in [0.25, 0.3) is 0 Å². The van der Waals surface area contributed by atoms with Crippen LogP contribution in [0.1, 0.15) is 21.6 Å². The molecule has 5 nitrogen and oxygen atoms in total. The van der Waals surface area contributed by atoms with E-state index in [-0.39, 0.29) is 11.6 Å². The van der Waals surface area contributed by atoms with Gasteiger partial charge in [-0.1, -0.05) is 12.1 Å². The number of amides is 1. The fourth-order valence-corrected chi connectivity index (χ4v) is 1.65. The van der Waals surface area contributed by atoms with Crippen LogP contribution in [0.15, 0.2) is 42.6 Å². The van der Waals surface area contributed by atoms with Crippen LogP contribution in [0.2, 0.25) is 0 Å². The van der Waals surface area contributed by atoms with Crippen molar-refractivity contribution < 1.29 is 9.53 Å². The van der Waals surface area contributed by atoms with E-state index in [1.165, 1.54) is 12.3 Å². The standard InChI is InChI=1S/C15H13N3O2/c1-20-13-4-2-3-11(7-13)9-18-15(19)14-6-5-12(8-16)10-17-14/h2-7,10H,9H2,1H3,(H,18,19). The zero-order valence-electron chi connectivity index (χ0n) is 11.0. The van der Waals surface area contributed by atoms with Crippen molar-refractivity contribution in [2.24, 2.45) is 0 Å². The molecule has 0 aliphatic heterocycles. The maximum atomic E-state index is 11.9. The number of carbonyl (C=O) groups is 1. The Morgan fingerprint density at radius 2 is 2.25 bits per heavy atom. The predicted molar refractivity (Wildman–Crippen MR) is 73.1 cm³/mol. The van der Waals surface area contributed by atoms with Gasteiger partial charge in [-0.2, -0.15) is 5.26 Å². The quantitative estimate of drug-likeness (QED) is 0.917. The van der Waals surface area contributed by atoms with Crippen molar-refractivity contribution in [2.45, 2.75) is 6.54 Å². The number of rotatable bonds is 4. The average Bonchev–Trinajstić information content (AvgIpc) is 2.53. The van der Waals surface area contributed by atoms with E-state index in [0.717, 1.165) is 11.3 Å². The highest BCUT2D eigenvalue weighted by Crippen LogP contribution is 2.12. The van der Waals surface area contributed by atoms with E-state index in [1.54, 1.807) is 13.2 Å². The molecule has 0 spiro atoms. The van der Waals surface area contributed by atoms with Gasteiger partial charge in [0, 0.05) is 12.7 Å². The molecule has 0 saturated heterocycles. The Labute approximate surface area is 116 Å². The van der Waals surface area contributed by atoms with E-state index >= 15 is 0 Å². The Kier molecular flexibility index (Phi) is 4.30. The molecule has 20 heavy (non-hydrogen) atoms. The summed E-state index contributed by atoms with van der Waals surface area (Å²) in [7, 11) is 1.60. The molecule has 1 aromatic carbocycles. The summed E-state index contributed by atoms with van der Waals surface area (Å²) in [5, 5.41) is 11.4. The van der Waals surface area contributed by atoms with Crippen LogP contribution >= 0.6 is 0 Å². The van der Waals surface area contributed by atoms with Gasteiger partial charge in [0.15, 0.2) is 0 Å². The minimum atomic E-state index is -0.280. The van der Waals surface area contributed by atoms with Gasteiger partial charge >= 0.3 is 0 Å². The number of hydrogen-bond donors (Lipinski definition) is 1. The normalized spacial score (nSPS) is 9.60. The van der Waals surface area contributed by atoms with Crippen LogP contribution in [0.4, 0.5) is 0 Å². The first kappa shape index (κ1) is 13.6. The number of methoxy groups -OCH3 is 1. The maximum absolute atomic E-state index is 11.9. The van der Waals surface area contributed by atoms with Crippen LogP contribution in [-0.2, 0) is 6.54 Å². The maximum Gasteiger partial charge on any atom is 0.270 e. The molecule has 2 rings (SSSR count). The Hall–Kier alpha value is -2.87. The van der Waals surface area contributed by atoms with Crippen molar-refractivity contribution >= 4 is 5.91 Å². The van der Waals surface area contributed by atoms with Crippen molar-refractivity contribution in [3.63, 3.8) is 0 Å². The molecule has 1 aromatic heterocycles. The van der Waals surface area contributed by atoms with Crippen molar-refractivity contribution in [1.82, 2.24) is 10.3 Å². The van der Waals surface area contributed by atoms with E-state index in [9.17, 15) is 4.79 Å². The molecule has 1 amide bonds. The van der Waals surface area contributed by atoms with Gasteiger partial charge in [-0.25, -0.2) is 4.98 Å². The molecule has 0 saturated carbocycles. The molecule has 0 bridgehead atoms. The topological polar surface area (TPSA) is 75.0 Å². The van der Waals surface area contributed by atoms with Gasteiger partial charge in [-0.3, -0.25) is 4.79 Å². The molecule has 100 valence electrons. The molecule has 1 N–H and O–H groups in total. The van der Waals surface area contributed by atoms with E-state index in [4.69, 9.17) is 10.00 Å². The van der Waals surface area contributed by atoms with Crippen LogP contribution < -0.4 is 10.1 Å². The number of carbonyl (C=O) groups excluding carboxylic acids is 1. The highest BCUT2D eigenvalue weighted by molar-refractivity contribution is 5.92. The summed E-state index contributed by atoms with van der Waals surface area (Å²) in [6.07, 6.45) is 1.38. The Morgan fingerprint density at radius 3 is 2.90 bits per heavy atom. The van der Waals surface area contributed by atoms with Gasteiger partial charge in [-0.05, 0) is 29.8 Å². The summed E-state index contributed by atoms with van der Waals surface area (Å²) >= 11 is 0. The van der Waals surface area contributed by atoms with E-state index in [0.29, 0.717) is 12.1 Å². The summed E-state index contributed by atoms with van der Waals surface area (Å²) in [5.41, 5.74) is 1.65. The zero-order valence-corrected chi connectivity index (χ0v) is 11.0. The fraction of sp³-hybridized carbons (Fsp3) is 0.133. The number of benzene rings is 1. The Bertz CT molecular complexity index is 645. The second kappa shape index (κ2) is 6.34. The largest absolute Gasteiger partial charge is 0.497 e. The molecule has 0 aliphatic carbocycles. The molecule has 0 fully saturated rings. The summed E-state index contributed by atoms with van der Waals surface area (Å²) in [6, 6.07) is 12.5. The molecule has 0 unspecified atom stereocenters. The lowest BCUT2D eigenvalue weighted by Crippen LogP contribution is -2.23. The predicted octanol–water partition coefficient (Wildman–Crippen LogP) is 1.89. The Balaban J connectivity index is 1.99. The molecular weight excluding hydrogens is 254 g/mol. The van der Waals surface area contributed by atoms with E-state index in [2.05, 4.69) is 10.3 Å². The number of aromatic nitrogens is 1. The minimum absolute atomic E-state index is 0.280. The van der Waals surface area contributed by atoms with Gasteiger partial charge in [0.1, 0.15) is 17.5 Å². The second-order valence-electron chi connectivity index (χ2n) is 4.08. The number of hydrogen-bond acceptors (Lipinski definition) is 4. The molecule has 5 heteroatoms. The molecule has 0 aliphatic rings. The molecular formula is C15H13N3O2. The summed E-state index contributed by atoms with van der Waals surface area (Å²) in [5.74, 6) is 0.463. The lowest BCUT2D eigenvalue weighted by molar-refractivity contribution is 0.0946. The van der Waals surface area contributed by atoms with Gasteiger partial charge < -0.3 is 10.1 Å². The van der Waals surface area contributed by atoms with Gasteiger partial charge in [0.05, 0.1) is 12.7 Å². The van der Waals surface area contributed by atoms with Gasteiger partial charge in [-0.15, -0.1) is 0 Å².